The zero-order valence-corrected chi connectivity index (χ0v) is 10.6. The summed E-state index contributed by atoms with van der Waals surface area (Å²) in [6, 6.07) is 0. The predicted molar refractivity (Wildman–Crippen MR) is 63.8 cm³/mol. The van der Waals surface area contributed by atoms with Crippen molar-refractivity contribution in [3.8, 4) is 0 Å². The molecule has 0 heterocycles. The van der Waals surface area contributed by atoms with Crippen LogP contribution in [0, 0.1) is 11.8 Å². The Labute approximate surface area is 95.7 Å². The number of rotatable bonds is 3. The van der Waals surface area contributed by atoms with Crippen LogP contribution < -0.4 is 5.73 Å². The molecule has 0 amide bonds. The van der Waals surface area contributed by atoms with Crippen LogP contribution in [0.25, 0.3) is 0 Å². The highest BCUT2D eigenvalue weighted by molar-refractivity contribution is 8.09. The summed E-state index contributed by atoms with van der Waals surface area (Å²) in [5.74, 6) is 0.598. The molecule has 1 rings (SSSR count). The lowest BCUT2D eigenvalue weighted by Gasteiger charge is -2.36. The van der Waals surface area contributed by atoms with E-state index in [-0.39, 0.29) is 5.92 Å². The van der Waals surface area contributed by atoms with Gasteiger partial charge >= 0.3 is 0 Å². The topological polar surface area (TPSA) is 86.7 Å². The van der Waals surface area contributed by atoms with Gasteiger partial charge in [-0.15, -0.1) is 0 Å². The fourth-order valence-corrected chi connectivity index (χ4v) is 4.65. The molecule has 0 aromatic heterocycles. The van der Waals surface area contributed by atoms with Crippen molar-refractivity contribution in [2.75, 3.05) is 0 Å². The van der Waals surface area contributed by atoms with E-state index >= 15 is 0 Å². The second-order valence-corrected chi connectivity index (χ2v) is 7.99. The Morgan fingerprint density at radius 3 is 2.40 bits per heavy atom. The molecule has 1 aliphatic carbocycles. The lowest BCUT2D eigenvalue weighted by atomic mass is 9.80. The molecule has 4 atom stereocenters. The normalized spacial score (nSPS) is 32.3. The second-order valence-electron chi connectivity index (χ2n) is 4.60. The second kappa shape index (κ2) is 5.21. The fraction of sp³-hybridized carbons (Fsp3) is 1.00. The standard InChI is InChI=1S/C9H20NO3PS/c1-6-3-2-4-7(5-6)8(9(10)11)14(12,13)15/h6-9,11H,2-5,10H2,1H3,(H2,12,13,15). The first-order chi connectivity index (χ1) is 6.82. The molecule has 0 aromatic rings. The average Bonchev–Trinajstić information content (AvgIpc) is 1.99. The van der Waals surface area contributed by atoms with E-state index in [1.807, 2.05) is 0 Å². The van der Waals surface area contributed by atoms with Gasteiger partial charge in [-0.1, -0.05) is 19.8 Å². The van der Waals surface area contributed by atoms with E-state index in [0.29, 0.717) is 5.92 Å². The molecule has 0 saturated heterocycles. The number of nitrogens with two attached hydrogens (primary N) is 1. The minimum Gasteiger partial charge on any atom is -0.378 e. The highest BCUT2D eigenvalue weighted by atomic mass is 32.5. The van der Waals surface area contributed by atoms with Crippen molar-refractivity contribution >= 4 is 18.3 Å². The first-order valence-electron chi connectivity index (χ1n) is 5.31. The van der Waals surface area contributed by atoms with Gasteiger partial charge in [0.1, 0.15) is 6.23 Å². The first-order valence-corrected chi connectivity index (χ1v) is 8.09. The van der Waals surface area contributed by atoms with Gasteiger partial charge < -0.3 is 20.6 Å². The highest BCUT2D eigenvalue weighted by Crippen LogP contribution is 2.50. The highest BCUT2D eigenvalue weighted by Gasteiger charge is 2.38. The molecule has 5 N–H and O–H groups in total. The largest absolute Gasteiger partial charge is 0.378 e. The van der Waals surface area contributed by atoms with Gasteiger partial charge in [0.05, 0.1) is 5.66 Å². The van der Waals surface area contributed by atoms with Crippen molar-refractivity contribution in [1.82, 2.24) is 0 Å². The molecule has 4 unspecified atom stereocenters. The molecule has 0 spiro atoms. The van der Waals surface area contributed by atoms with Crippen LogP contribution in [0.2, 0.25) is 0 Å². The molecule has 0 aliphatic heterocycles. The lowest BCUT2D eigenvalue weighted by molar-refractivity contribution is 0.124. The summed E-state index contributed by atoms with van der Waals surface area (Å²) in [4.78, 5) is 19.1. The summed E-state index contributed by atoms with van der Waals surface area (Å²) >= 11 is 4.68. The van der Waals surface area contributed by atoms with Crippen LogP contribution in [0.15, 0.2) is 0 Å². The Morgan fingerprint density at radius 1 is 1.40 bits per heavy atom. The van der Waals surface area contributed by atoms with E-state index in [0.717, 1.165) is 25.7 Å². The monoisotopic (exact) mass is 253 g/mol. The van der Waals surface area contributed by atoms with Crippen molar-refractivity contribution in [3.63, 3.8) is 0 Å². The number of hydrogen-bond donors (Lipinski definition) is 4. The van der Waals surface area contributed by atoms with Gasteiger partial charge in [-0.2, -0.15) is 0 Å². The van der Waals surface area contributed by atoms with Gasteiger partial charge in [-0.05, 0) is 36.5 Å². The Balaban J connectivity index is 2.76. The van der Waals surface area contributed by atoms with Crippen molar-refractivity contribution in [1.29, 1.82) is 0 Å². The van der Waals surface area contributed by atoms with Gasteiger partial charge in [0.25, 0.3) is 0 Å². The smallest absolute Gasteiger partial charge is 0.190 e. The summed E-state index contributed by atoms with van der Waals surface area (Å²) in [7, 11) is 0. The third-order valence-corrected chi connectivity index (χ3v) is 5.43. The van der Waals surface area contributed by atoms with Crippen LogP contribution in [-0.4, -0.2) is 26.8 Å². The summed E-state index contributed by atoms with van der Waals surface area (Å²) in [6.07, 6.45) is 2.73. The number of aliphatic hydroxyl groups is 1. The van der Waals surface area contributed by atoms with Crippen molar-refractivity contribution in [3.05, 3.63) is 0 Å². The van der Waals surface area contributed by atoms with Gasteiger partial charge in [0.15, 0.2) is 6.49 Å². The van der Waals surface area contributed by atoms with Crippen LogP contribution in [0.5, 0.6) is 0 Å². The minimum atomic E-state index is -3.47. The Morgan fingerprint density at radius 2 is 2.00 bits per heavy atom. The molecule has 6 heteroatoms. The maximum absolute atomic E-state index is 9.53. The van der Waals surface area contributed by atoms with Crippen molar-refractivity contribution in [2.45, 2.75) is 44.5 Å². The Bertz CT molecular complexity index is 256. The summed E-state index contributed by atoms with van der Waals surface area (Å²) in [6.45, 7) is -1.34. The maximum atomic E-state index is 9.53. The van der Waals surface area contributed by atoms with Gasteiger partial charge in [0, 0.05) is 0 Å². The quantitative estimate of drug-likeness (QED) is 0.440. The molecule has 0 bridgehead atoms. The molecule has 0 radical (unpaired) electrons. The van der Waals surface area contributed by atoms with Crippen molar-refractivity contribution < 1.29 is 14.9 Å². The molecular formula is C9H20NO3PS. The molecule has 90 valence electrons. The van der Waals surface area contributed by atoms with E-state index in [1.165, 1.54) is 0 Å². The van der Waals surface area contributed by atoms with E-state index in [4.69, 9.17) is 5.73 Å². The minimum absolute atomic E-state index is 0.0505. The summed E-state index contributed by atoms with van der Waals surface area (Å²) < 4.78 is 0. The van der Waals surface area contributed by atoms with E-state index in [1.54, 1.807) is 0 Å². The van der Waals surface area contributed by atoms with Crippen LogP contribution in [0.4, 0.5) is 0 Å². The van der Waals surface area contributed by atoms with Gasteiger partial charge in [0.2, 0.25) is 0 Å². The maximum Gasteiger partial charge on any atom is 0.190 e. The fourth-order valence-electron chi connectivity index (χ4n) is 2.54. The number of hydrogen-bond acceptors (Lipinski definition) is 3. The Hall–Kier alpha value is 0.490. The first kappa shape index (κ1) is 13.6. The molecule has 15 heavy (non-hydrogen) atoms. The molecule has 0 aromatic carbocycles. The Kier molecular flexibility index (Phi) is 4.71. The summed E-state index contributed by atoms with van der Waals surface area (Å²) in [5, 5.41) is 9.41. The van der Waals surface area contributed by atoms with E-state index in [9.17, 15) is 14.9 Å². The van der Waals surface area contributed by atoms with Crippen LogP contribution >= 0.6 is 6.49 Å². The molecular weight excluding hydrogens is 233 g/mol. The van der Waals surface area contributed by atoms with E-state index < -0.39 is 18.4 Å². The van der Waals surface area contributed by atoms with E-state index in [2.05, 4.69) is 18.7 Å². The molecule has 1 fully saturated rings. The number of aliphatic hydroxyl groups excluding tert-OH is 1. The third-order valence-electron chi connectivity index (χ3n) is 3.20. The van der Waals surface area contributed by atoms with Crippen molar-refractivity contribution in [2.24, 2.45) is 17.6 Å². The summed E-state index contributed by atoms with van der Waals surface area (Å²) in [5.41, 5.74) is 4.67. The van der Waals surface area contributed by atoms with Crippen LogP contribution in [0.1, 0.15) is 32.6 Å². The SMILES string of the molecule is CC1CCCC(C(C(N)O)P(O)(O)=S)C1. The molecule has 4 nitrogen and oxygen atoms in total. The molecule has 1 saturated carbocycles. The molecule has 1 aliphatic rings. The van der Waals surface area contributed by atoms with Gasteiger partial charge in [-0.3, -0.25) is 0 Å². The lowest BCUT2D eigenvalue weighted by Crippen LogP contribution is -2.41. The zero-order chi connectivity index (χ0) is 11.6. The van der Waals surface area contributed by atoms with Gasteiger partial charge in [-0.25, -0.2) is 0 Å². The zero-order valence-electron chi connectivity index (χ0n) is 8.91. The van der Waals surface area contributed by atoms with Crippen LogP contribution in [-0.2, 0) is 11.8 Å². The third kappa shape index (κ3) is 3.77. The average molecular weight is 253 g/mol. The predicted octanol–water partition coefficient (Wildman–Crippen LogP) is 0.752. The van der Waals surface area contributed by atoms with Crippen LogP contribution in [0.3, 0.4) is 0 Å².